The largest absolute Gasteiger partial charge is 0.379 e. The molecular weight excluding hydrogens is 304 g/mol. The average molecular weight is 330 g/mol. The predicted molar refractivity (Wildman–Crippen MR) is 94.8 cm³/mol. The lowest BCUT2D eigenvalue weighted by Gasteiger charge is -2.29. The van der Waals surface area contributed by atoms with Gasteiger partial charge >= 0.3 is 0 Å². The zero-order valence-corrected chi connectivity index (χ0v) is 14.1. The summed E-state index contributed by atoms with van der Waals surface area (Å²) in [5.74, 6) is -0.0963. The van der Waals surface area contributed by atoms with Gasteiger partial charge in [0, 0.05) is 42.8 Å². The van der Waals surface area contributed by atoms with E-state index in [0.717, 1.165) is 49.3 Å². The number of nitrogens with one attached hydrogen (secondary N) is 2. The van der Waals surface area contributed by atoms with Crippen molar-refractivity contribution in [3.05, 3.63) is 36.0 Å². The standard InChI is InChI=1S/C18H26N4O2/c1-13(12-22-6-8-24-9-7-22)21-18(23)16(19)10-14-11-20-17-5-3-2-4-15(14)17/h2-5,11,13,16,20H,6-10,12,19H2,1H3,(H,21,23)/t13?,16-/m0/s1. The van der Waals surface area contributed by atoms with Gasteiger partial charge in [-0.3, -0.25) is 9.69 Å². The summed E-state index contributed by atoms with van der Waals surface area (Å²) >= 11 is 0. The van der Waals surface area contributed by atoms with Crippen molar-refractivity contribution in [2.24, 2.45) is 5.73 Å². The molecule has 6 heteroatoms. The molecule has 1 aromatic heterocycles. The number of ether oxygens (including phenoxy) is 1. The highest BCUT2D eigenvalue weighted by Gasteiger charge is 2.20. The highest BCUT2D eigenvalue weighted by Crippen LogP contribution is 2.18. The molecule has 0 spiro atoms. The molecule has 6 nitrogen and oxygen atoms in total. The number of para-hydroxylation sites is 1. The van der Waals surface area contributed by atoms with E-state index in [1.807, 2.05) is 37.4 Å². The van der Waals surface area contributed by atoms with Gasteiger partial charge in [0.2, 0.25) is 5.91 Å². The van der Waals surface area contributed by atoms with E-state index in [4.69, 9.17) is 10.5 Å². The lowest BCUT2D eigenvalue weighted by atomic mass is 10.0. The van der Waals surface area contributed by atoms with Gasteiger partial charge in [0.05, 0.1) is 19.3 Å². The number of carbonyl (C=O) groups is 1. The lowest BCUT2D eigenvalue weighted by Crippen LogP contribution is -2.50. The fourth-order valence-corrected chi connectivity index (χ4v) is 3.20. The molecular formula is C18H26N4O2. The minimum absolute atomic E-state index is 0.0737. The molecule has 24 heavy (non-hydrogen) atoms. The normalized spacial score (nSPS) is 18.4. The minimum atomic E-state index is -0.545. The SMILES string of the molecule is CC(CN1CCOCC1)NC(=O)[C@@H](N)Cc1c[nH]c2ccccc12. The van der Waals surface area contributed by atoms with Gasteiger partial charge in [-0.15, -0.1) is 0 Å². The van der Waals surface area contributed by atoms with Crippen LogP contribution in [0.5, 0.6) is 0 Å². The molecule has 3 rings (SSSR count). The second kappa shape index (κ2) is 7.79. The molecule has 1 aliphatic rings. The Kier molecular flexibility index (Phi) is 5.50. The van der Waals surface area contributed by atoms with Crippen molar-refractivity contribution in [1.29, 1.82) is 0 Å². The van der Waals surface area contributed by atoms with Crippen molar-refractivity contribution >= 4 is 16.8 Å². The van der Waals surface area contributed by atoms with Gasteiger partial charge in [0.1, 0.15) is 0 Å². The summed E-state index contributed by atoms with van der Waals surface area (Å²) < 4.78 is 5.34. The Morgan fingerprint density at radius 1 is 1.38 bits per heavy atom. The van der Waals surface area contributed by atoms with Crippen LogP contribution in [0, 0.1) is 0 Å². The van der Waals surface area contributed by atoms with E-state index in [-0.39, 0.29) is 11.9 Å². The van der Waals surface area contributed by atoms with Gasteiger partial charge in [-0.2, -0.15) is 0 Å². The first-order valence-corrected chi connectivity index (χ1v) is 8.54. The van der Waals surface area contributed by atoms with Crippen LogP contribution in [0.25, 0.3) is 10.9 Å². The Hall–Kier alpha value is -1.89. The number of amides is 1. The molecule has 1 aliphatic heterocycles. The van der Waals surface area contributed by atoms with Crippen LogP contribution in [0.15, 0.2) is 30.5 Å². The molecule has 2 heterocycles. The molecule has 1 aromatic carbocycles. The molecule has 1 saturated heterocycles. The van der Waals surface area contributed by atoms with E-state index < -0.39 is 6.04 Å². The Balaban J connectivity index is 1.52. The number of nitrogens with zero attached hydrogens (tertiary/aromatic N) is 1. The van der Waals surface area contributed by atoms with E-state index >= 15 is 0 Å². The van der Waals surface area contributed by atoms with Gasteiger partial charge in [0.15, 0.2) is 0 Å². The number of aromatic nitrogens is 1. The van der Waals surface area contributed by atoms with Crippen LogP contribution in [0.2, 0.25) is 0 Å². The summed E-state index contributed by atoms with van der Waals surface area (Å²) in [6.07, 6.45) is 2.47. The van der Waals surface area contributed by atoms with Crippen molar-refractivity contribution in [1.82, 2.24) is 15.2 Å². The first kappa shape index (κ1) is 17.0. The van der Waals surface area contributed by atoms with Crippen LogP contribution >= 0.6 is 0 Å². The maximum atomic E-state index is 12.4. The zero-order valence-electron chi connectivity index (χ0n) is 14.1. The zero-order chi connectivity index (χ0) is 16.9. The summed E-state index contributed by atoms with van der Waals surface area (Å²) in [6.45, 7) is 6.21. The Labute approximate surface area is 142 Å². The van der Waals surface area contributed by atoms with Crippen molar-refractivity contribution in [3.63, 3.8) is 0 Å². The third-order valence-electron chi connectivity index (χ3n) is 4.48. The van der Waals surface area contributed by atoms with Crippen LogP contribution < -0.4 is 11.1 Å². The van der Waals surface area contributed by atoms with E-state index in [0.29, 0.717) is 6.42 Å². The van der Waals surface area contributed by atoms with Crippen molar-refractivity contribution in [2.45, 2.75) is 25.4 Å². The highest BCUT2D eigenvalue weighted by molar-refractivity contribution is 5.86. The van der Waals surface area contributed by atoms with Crippen LogP contribution in [0.4, 0.5) is 0 Å². The first-order valence-electron chi connectivity index (χ1n) is 8.54. The molecule has 0 saturated carbocycles. The number of H-pyrrole nitrogens is 1. The van der Waals surface area contributed by atoms with E-state index in [1.54, 1.807) is 0 Å². The number of hydrogen-bond donors (Lipinski definition) is 3. The van der Waals surface area contributed by atoms with Crippen molar-refractivity contribution in [2.75, 3.05) is 32.8 Å². The maximum Gasteiger partial charge on any atom is 0.237 e. The Morgan fingerprint density at radius 2 is 2.12 bits per heavy atom. The number of rotatable bonds is 6. The number of aromatic amines is 1. The number of morpholine rings is 1. The second-order valence-electron chi connectivity index (χ2n) is 6.49. The minimum Gasteiger partial charge on any atom is -0.379 e. The molecule has 130 valence electrons. The smallest absolute Gasteiger partial charge is 0.237 e. The molecule has 0 aliphatic carbocycles. The van der Waals surface area contributed by atoms with Crippen LogP contribution in [-0.2, 0) is 16.0 Å². The number of nitrogens with two attached hydrogens (primary N) is 1. The van der Waals surface area contributed by atoms with E-state index in [2.05, 4.69) is 15.2 Å². The van der Waals surface area contributed by atoms with Crippen molar-refractivity contribution < 1.29 is 9.53 Å². The van der Waals surface area contributed by atoms with E-state index in [1.165, 1.54) is 0 Å². The second-order valence-corrected chi connectivity index (χ2v) is 6.49. The quantitative estimate of drug-likeness (QED) is 0.734. The topological polar surface area (TPSA) is 83.4 Å². The molecule has 1 fully saturated rings. The third kappa shape index (κ3) is 4.14. The molecule has 0 radical (unpaired) electrons. The summed E-state index contributed by atoms with van der Waals surface area (Å²) in [5.41, 5.74) is 8.27. The molecule has 2 atom stereocenters. The number of carbonyl (C=O) groups excluding carboxylic acids is 1. The summed E-state index contributed by atoms with van der Waals surface area (Å²) in [7, 11) is 0. The summed E-state index contributed by atoms with van der Waals surface area (Å²) in [5, 5.41) is 4.16. The number of hydrogen-bond acceptors (Lipinski definition) is 4. The number of benzene rings is 1. The van der Waals surface area contributed by atoms with Gasteiger partial charge in [-0.25, -0.2) is 0 Å². The van der Waals surface area contributed by atoms with Crippen LogP contribution in [-0.4, -0.2) is 60.7 Å². The van der Waals surface area contributed by atoms with Crippen LogP contribution in [0.3, 0.4) is 0 Å². The number of fused-ring (bicyclic) bond motifs is 1. The highest BCUT2D eigenvalue weighted by atomic mass is 16.5. The molecule has 0 bridgehead atoms. The van der Waals surface area contributed by atoms with Gasteiger partial charge < -0.3 is 20.8 Å². The third-order valence-corrected chi connectivity index (χ3v) is 4.48. The first-order chi connectivity index (χ1) is 11.6. The molecule has 1 unspecified atom stereocenters. The Morgan fingerprint density at radius 3 is 2.92 bits per heavy atom. The summed E-state index contributed by atoms with van der Waals surface area (Å²) in [4.78, 5) is 17.9. The fourth-order valence-electron chi connectivity index (χ4n) is 3.20. The molecule has 2 aromatic rings. The maximum absolute atomic E-state index is 12.4. The average Bonchev–Trinajstić information content (AvgIpc) is 2.99. The van der Waals surface area contributed by atoms with Crippen molar-refractivity contribution in [3.8, 4) is 0 Å². The lowest BCUT2D eigenvalue weighted by molar-refractivity contribution is -0.123. The summed E-state index contributed by atoms with van der Waals surface area (Å²) in [6, 6.07) is 7.58. The van der Waals surface area contributed by atoms with Gasteiger partial charge in [0.25, 0.3) is 0 Å². The van der Waals surface area contributed by atoms with Crippen LogP contribution in [0.1, 0.15) is 12.5 Å². The molecule has 4 N–H and O–H groups in total. The molecule has 1 amide bonds. The monoisotopic (exact) mass is 330 g/mol. The van der Waals surface area contributed by atoms with Gasteiger partial charge in [-0.1, -0.05) is 18.2 Å². The predicted octanol–water partition coefficient (Wildman–Crippen LogP) is 0.875. The van der Waals surface area contributed by atoms with Gasteiger partial charge in [-0.05, 0) is 25.0 Å². The van der Waals surface area contributed by atoms with E-state index in [9.17, 15) is 4.79 Å². The fraction of sp³-hybridized carbons (Fsp3) is 0.500. The Bertz CT molecular complexity index is 678.